The Morgan fingerprint density at radius 2 is 1.59 bits per heavy atom. The summed E-state index contributed by atoms with van der Waals surface area (Å²) in [7, 11) is -3.93. The smallest absolute Gasteiger partial charge is 0.279 e. The molecule has 0 aliphatic rings. The highest BCUT2D eigenvalue weighted by Crippen LogP contribution is 2.30. The number of aryl methyl sites for hydroxylation is 1. The first-order chi connectivity index (χ1) is 10.2. The van der Waals surface area contributed by atoms with Crippen LogP contribution >= 0.6 is 0 Å². The molecule has 1 N–H and O–H groups in total. The molecule has 0 radical (unpaired) electrons. The predicted octanol–water partition coefficient (Wildman–Crippen LogP) is 4.07. The zero-order valence-electron chi connectivity index (χ0n) is 11.7. The Morgan fingerprint density at radius 1 is 1.00 bits per heavy atom. The van der Waals surface area contributed by atoms with Gasteiger partial charge in [-0.05, 0) is 42.3 Å². The van der Waals surface area contributed by atoms with E-state index < -0.39 is 21.8 Å². The maximum Gasteiger partial charge on any atom is 0.416 e. The minimum absolute atomic E-state index is 0.216. The van der Waals surface area contributed by atoms with Gasteiger partial charge in [-0.15, -0.1) is 0 Å². The lowest BCUT2D eigenvalue weighted by Gasteiger charge is -2.12. The number of alkyl halides is 3. The molecule has 0 unspecified atom stereocenters. The van der Waals surface area contributed by atoms with E-state index in [2.05, 4.69) is 4.72 Å². The molecule has 0 aliphatic heterocycles. The predicted molar refractivity (Wildman–Crippen MR) is 78.1 cm³/mol. The van der Waals surface area contributed by atoms with Crippen LogP contribution in [0, 0.1) is 0 Å². The Morgan fingerprint density at radius 3 is 2.14 bits per heavy atom. The number of anilines is 1. The fourth-order valence-electron chi connectivity index (χ4n) is 1.95. The SMILES string of the molecule is CCc1ccccc1NS(=O)(=O)c1ccc(C(F)(F)F)cc1. The number of para-hydroxylation sites is 1. The Bertz CT molecular complexity index is 753. The highest BCUT2D eigenvalue weighted by molar-refractivity contribution is 7.92. The van der Waals surface area contributed by atoms with E-state index in [1.165, 1.54) is 0 Å². The van der Waals surface area contributed by atoms with Crippen LogP contribution < -0.4 is 4.72 Å². The van der Waals surface area contributed by atoms with Gasteiger partial charge < -0.3 is 0 Å². The number of sulfonamides is 1. The van der Waals surface area contributed by atoms with E-state index in [1.807, 2.05) is 6.92 Å². The number of halogens is 3. The van der Waals surface area contributed by atoms with Gasteiger partial charge in [0.05, 0.1) is 16.1 Å². The molecule has 3 nitrogen and oxygen atoms in total. The monoisotopic (exact) mass is 329 g/mol. The standard InChI is InChI=1S/C15H14F3NO2S/c1-2-11-5-3-4-6-14(11)19-22(20,21)13-9-7-12(8-10-13)15(16,17)18/h3-10,19H,2H2,1H3. The second-order valence-corrected chi connectivity index (χ2v) is 6.32. The van der Waals surface area contributed by atoms with Gasteiger partial charge in [0.2, 0.25) is 0 Å². The molecule has 0 amide bonds. The van der Waals surface area contributed by atoms with E-state index in [4.69, 9.17) is 0 Å². The van der Waals surface area contributed by atoms with Crippen LogP contribution in [0.25, 0.3) is 0 Å². The van der Waals surface area contributed by atoms with Gasteiger partial charge >= 0.3 is 6.18 Å². The van der Waals surface area contributed by atoms with Crippen LogP contribution in [0.3, 0.4) is 0 Å². The molecule has 0 aromatic heterocycles. The van der Waals surface area contributed by atoms with Crippen molar-refractivity contribution in [2.75, 3.05) is 4.72 Å². The first-order valence-electron chi connectivity index (χ1n) is 6.52. The molecular weight excluding hydrogens is 315 g/mol. The lowest BCUT2D eigenvalue weighted by atomic mass is 10.1. The average Bonchev–Trinajstić information content (AvgIpc) is 2.47. The summed E-state index contributed by atoms with van der Waals surface area (Å²) in [5, 5.41) is 0. The van der Waals surface area contributed by atoms with Crippen LogP contribution in [0.4, 0.5) is 18.9 Å². The number of hydrogen-bond acceptors (Lipinski definition) is 2. The third kappa shape index (κ3) is 3.59. The maximum absolute atomic E-state index is 12.5. The maximum atomic E-state index is 12.5. The van der Waals surface area contributed by atoms with Gasteiger partial charge in [0.15, 0.2) is 0 Å². The molecule has 0 heterocycles. The molecule has 0 atom stereocenters. The summed E-state index contributed by atoms with van der Waals surface area (Å²) in [5.41, 5.74) is 0.336. The first-order valence-corrected chi connectivity index (χ1v) is 8.00. The second-order valence-electron chi connectivity index (χ2n) is 4.64. The lowest BCUT2D eigenvalue weighted by molar-refractivity contribution is -0.137. The van der Waals surface area contributed by atoms with Crippen LogP contribution in [0.2, 0.25) is 0 Å². The van der Waals surface area contributed by atoms with Crippen molar-refractivity contribution in [3.63, 3.8) is 0 Å². The van der Waals surface area contributed by atoms with Gasteiger partial charge in [0.1, 0.15) is 0 Å². The Labute approximate surface area is 126 Å². The number of hydrogen-bond donors (Lipinski definition) is 1. The molecule has 7 heteroatoms. The molecule has 0 saturated carbocycles. The van der Waals surface area contributed by atoms with E-state index in [1.54, 1.807) is 24.3 Å². The Kier molecular flexibility index (Phi) is 4.46. The topological polar surface area (TPSA) is 46.2 Å². The van der Waals surface area contributed by atoms with Crippen molar-refractivity contribution in [2.45, 2.75) is 24.4 Å². The number of benzene rings is 2. The minimum Gasteiger partial charge on any atom is -0.279 e. The van der Waals surface area contributed by atoms with Crippen LogP contribution in [0.5, 0.6) is 0 Å². The molecule has 2 aromatic carbocycles. The molecule has 0 bridgehead atoms. The van der Waals surface area contributed by atoms with Crippen molar-refractivity contribution in [3.8, 4) is 0 Å². The van der Waals surface area contributed by atoms with Gasteiger partial charge in [-0.2, -0.15) is 13.2 Å². The zero-order chi connectivity index (χ0) is 16.4. The second kappa shape index (κ2) is 6.00. The number of nitrogens with one attached hydrogen (secondary N) is 1. The quantitative estimate of drug-likeness (QED) is 0.919. The summed E-state index contributed by atoms with van der Waals surface area (Å²) in [4.78, 5) is -0.216. The van der Waals surface area contributed by atoms with Gasteiger partial charge in [-0.1, -0.05) is 25.1 Å². The Hall–Kier alpha value is -2.02. The van der Waals surface area contributed by atoms with Crippen molar-refractivity contribution in [3.05, 3.63) is 59.7 Å². The van der Waals surface area contributed by atoms with E-state index in [0.29, 0.717) is 12.1 Å². The summed E-state index contributed by atoms with van der Waals surface area (Å²) in [6.07, 6.45) is -3.86. The molecule has 2 aromatic rings. The molecular formula is C15H14F3NO2S. The van der Waals surface area contributed by atoms with E-state index in [-0.39, 0.29) is 4.90 Å². The Balaban J connectivity index is 2.31. The molecule has 0 aliphatic carbocycles. The third-order valence-corrected chi connectivity index (χ3v) is 4.52. The molecule has 0 spiro atoms. The van der Waals surface area contributed by atoms with Crippen molar-refractivity contribution in [1.29, 1.82) is 0 Å². The van der Waals surface area contributed by atoms with Crippen molar-refractivity contribution in [2.24, 2.45) is 0 Å². The van der Waals surface area contributed by atoms with Crippen LogP contribution in [0.1, 0.15) is 18.1 Å². The summed E-state index contributed by atoms with van der Waals surface area (Å²) in [6, 6.07) is 10.3. The summed E-state index contributed by atoms with van der Waals surface area (Å²) in [6.45, 7) is 1.88. The van der Waals surface area contributed by atoms with E-state index in [9.17, 15) is 21.6 Å². The summed E-state index contributed by atoms with van der Waals surface area (Å²) in [5.74, 6) is 0. The third-order valence-electron chi connectivity index (χ3n) is 3.13. The molecule has 2 rings (SSSR count). The normalized spacial score (nSPS) is 12.2. The van der Waals surface area contributed by atoms with Crippen molar-refractivity contribution in [1.82, 2.24) is 0 Å². The fourth-order valence-corrected chi connectivity index (χ4v) is 3.06. The van der Waals surface area contributed by atoms with E-state index >= 15 is 0 Å². The van der Waals surface area contributed by atoms with Gasteiger partial charge in [-0.25, -0.2) is 8.42 Å². The first kappa shape index (κ1) is 16.4. The van der Waals surface area contributed by atoms with Gasteiger partial charge in [-0.3, -0.25) is 4.72 Å². The zero-order valence-corrected chi connectivity index (χ0v) is 12.5. The largest absolute Gasteiger partial charge is 0.416 e. The molecule has 118 valence electrons. The molecule has 0 fully saturated rings. The number of rotatable bonds is 4. The van der Waals surface area contributed by atoms with Crippen molar-refractivity contribution < 1.29 is 21.6 Å². The summed E-state index contributed by atoms with van der Waals surface area (Å²) < 4.78 is 64.4. The highest BCUT2D eigenvalue weighted by atomic mass is 32.2. The lowest BCUT2D eigenvalue weighted by Crippen LogP contribution is -2.14. The molecule has 22 heavy (non-hydrogen) atoms. The average molecular weight is 329 g/mol. The van der Waals surface area contributed by atoms with E-state index in [0.717, 1.165) is 29.8 Å². The minimum atomic E-state index is -4.50. The van der Waals surface area contributed by atoms with Crippen LogP contribution in [-0.2, 0) is 22.6 Å². The van der Waals surface area contributed by atoms with Gasteiger partial charge in [0, 0.05) is 0 Å². The van der Waals surface area contributed by atoms with Gasteiger partial charge in [0.25, 0.3) is 10.0 Å². The van der Waals surface area contributed by atoms with Crippen LogP contribution in [0.15, 0.2) is 53.4 Å². The van der Waals surface area contributed by atoms with Crippen LogP contribution in [-0.4, -0.2) is 8.42 Å². The summed E-state index contributed by atoms with van der Waals surface area (Å²) >= 11 is 0. The fraction of sp³-hybridized carbons (Fsp3) is 0.200. The highest BCUT2D eigenvalue weighted by Gasteiger charge is 2.30. The van der Waals surface area contributed by atoms with Crippen molar-refractivity contribution >= 4 is 15.7 Å². The molecule has 0 saturated heterocycles.